The molecule has 0 radical (unpaired) electrons. The number of rotatable bonds is 6. The molecule has 200 valence electrons. The number of hydrogen-bond donors (Lipinski definition) is 3. The number of H-pyrrole nitrogens is 1. The highest BCUT2D eigenvalue weighted by atomic mass is 35.5. The van der Waals surface area contributed by atoms with Crippen LogP contribution >= 0.6 is 23.2 Å². The van der Waals surface area contributed by atoms with Crippen molar-refractivity contribution in [3.8, 4) is 0 Å². The summed E-state index contributed by atoms with van der Waals surface area (Å²) in [6.45, 7) is 3.91. The second-order valence-corrected chi connectivity index (χ2v) is 10.5. The van der Waals surface area contributed by atoms with Crippen LogP contribution in [-0.2, 0) is 16.0 Å². The van der Waals surface area contributed by atoms with Gasteiger partial charge in [-0.05, 0) is 66.6 Å². The molecule has 5 rings (SSSR count). The largest absolute Gasteiger partial charge is 0.381 e. The standard InChI is InChI=1S/C27H27Cl2FN4O4/c1-14-25-16(6-18(28)9-20(25)29)2-4-34(14)24(35)12-31-22-7-17-8-23(33-26(36)19(17)10-21(22)30)27(37)32-11-15-3-5-38-13-15/h6-10,14-15,31H,2-5,11-13H2,1H3,(H,32,37)(H,33,36). The van der Waals surface area contributed by atoms with Gasteiger partial charge in [0, 0.05) is 35.7 Å². The number of carbonyl (C=O) groups is 2. The van der Waals surface area contributed by atoms with E-state index in [2.05, 4.69) is 15.6 Å². The van der Waals surface area contributed by atoms with Gasteiger partial charge in [0.2, 0.25) is 5.91 Å². The highest BCUT2D eigenvalue weighted by molar-refractivity contribution is 6.35. The first kappa shape index (κ1) is 26.5. The van der Waals surface area contributed by atoms with Crippen molar-refractivity contribution in [2.24, 2.45) is 5.92 Å². The monoisotopic (exact) mass is 560 g/mol. The minimum absolute atomic E-state index is 0.0563. The van der Waals surface area contributed by atoms with Crippen molar-refractivity contribution < 1.29 is 18.7 Å². The number of nitrogens with zero attached hydrogens (tertiary/aromatic N) is 1. The molecule has 0 aliphatic carbocycles. The van der Waals surface area contributed by atoms with E-state index >= 15 is 0 Å². The van der Waals surface area contributed by atoms with Crippen LogP contribution in [0.2, 0.25) is 10.0 Å². The molecular formula is C27H27Cl2FN4O4. The fourth-order valence-electron chi connectivity index (χ4n) is 5.14. The smallest absolute Gasteiger partial charge is 0.267 e. The summed E-state index contributed by atoms with van der Waals surface area (Å²) in [5.41, 5.74) is 1.43. The number of ether oxygens (including phenoxy) is 1. The van der Waals surface area contributed by atoms with Gasteiger partial charge in [-0.25, -0.2) is 4.39 Å². The van der Waals surface area contributed by atoms with Crippen molar-refractivity contribution in [3.05, 3.63) is 73.4 Å². The molecule has 3 aromatic rings. The zero-order valence-corrected chi connectivity index (χ0v) is 22.2. The average molecular weight is 561 g/mol. The molecular weight excluding hydrogens is 534 g/mol. The predicted octanol–water partition coefficient (Wildman–Crippen LogP) is 4.30. The molecule has 2 aromatic carbocycles. The lowest BCUT2D eigenvalue weighted by molar-refractivity contribution is -0.131. The average Bonchev–Trinajstić information content (AvgIpc) is 3.40. The second kappa shape index (κ2) is 10.9. The molecule has 11 heteroatoms. The van der Waals surface area contributed by atoms with E-state index in [9.17, 15) is 18.8 Å². The van der Waals surface area contributed by atoms with E-state index in [1.54, 1.807) is 11.0 Å². The number of aromatic nitrogens is 1. The summed E-state index contributed by atoms with van der Waals surface area (Å²) in [7, 11) is 0. The molecule has 2 amide bonds. The lowest BCUT2D eigenvalue weighted by Gasteiger charge is -2.36. The molecule has 38 heavy (non-hydrogen) atoms. The Bertz CT molecular complexity index is 1470. The molecule has 0 bridgehead atoms. The highest BCUT2D eigenvalue weighted by Crippen LogP contribution is 2.37. The number of benzene rings is 2. The van der Waals surface area contributed by atoms with Crippen LogP contribution in [0.1, 0.15) is 41.0 Å². The lowest BCUT2D eigenvalue weighted by Crippen LogP contribution is -2.42. The molecule has 2 atom stereocenters. The number of pyridine rings is 1. The molecule has 3 heterocycles. The number of hydrogen-bond acceptors (Lipinski definition) is 5. The summed E-state index contributed by atoms with van der Waals surface area (Å²) in [6, 6.07) is 7.29. The van der Waals surface area contributed by atoms with E-state index in [1.165, 1.54) is 12.1 Å². The lowest BCUT2D eigenvalue weighted by atomic mass is 9.93. The Hall–Kier alpha value is -3.14. The van der Waals surface area contributed by atoms with E-state index in [-0.39, 0.29) is 41.2 Å². The summed E-state index contributed by atoms with van der Waals surface area (Å²) in [5.74, 6) is -1.10. The Balaban J connectivity index is 1.30. The topological polar surface area (TPSA) is 104 Å². The van der Waals surface area contributed by atoms with E-state index in [4.69, 9.17) is 27.9 Å². The highest BCUT2D eigenvalue weighted by Gasteiger charge is 2.29. The maximum absolute atomic E-state index is 14.8. The van der Waals surface area contributed by atoms with Gasteiger partial charge in [0.05, 0.1) is 30.3 Å². The van der Waals surface area contributed by atoms with E-state index in [0.29, 0.717) is 48.2 Å². The SMILES string of the molecule is CC1c2c(Cl)cc(Cl)cc2CCN1C(=O)CNc1cc2cc(C(=O)NCC3CCOC3)[nH]c(=O)c2cc1F. The molecule has 0 saturated carbocycles. The molecule has 1 aromatic heterocycles. The second-order valence-electron chi connectivity index (χ2n) is 9.70. The van der Waals surface area contributed by atoms with Crippen LogP contribution in [0.4, 0.5) is 10.1 Å². The number of carbonyl (C=O) groups excluding carboxylic acids is 2. The van der Waals surface area contributed by atoms with Gasteiger partial charge in [-0.3, -0.25) is 14.4 Å². The molecule has 0 spiro atoms. The number of anilines is 1. The molecule has 2 aliphatic heterocycles. The van der Waals surface area contributed by atoms with Crippen molar-refractivity contribution in [1.29, 1.82) is 0 Å². The van der Waals surface area contributed by atoms with Crippen LogP contribution < -0.4 is 16.2 Å². The van der Waals surface area contributed by atoms with Crippen molar-refractivity contribution >= 4 is 51.5 Å². The fraction of sp³-hybridized carbons (Fsp3) is 0.370. The Morgan fingerprint density at radius 2 is 2.03 bits per heavy atom. The maximum Gasteiger partial charge on any atom is 0.267 e. The van der Waals surface area contributed by atoms with Gasteiger partial charge >= 0.3 is 0 Å². The van der Waals surface area contributed by atoms with Crippen LogP contribution in [0.15, 0.2) is 35.1 Å². The molecule has 8 nitrogen and oxygen atoms in total. The fourth-order valence-corrected chi connectivity index (χ4v) is 5.83. The summed E-state index contributed by atoms with van der Waals surface area (Å²) in [5, 5.41) is 7.21. The number of aromatic amines is 1. The van der Waals surface area contributed by atoms with Gasteiger partial charge in [0.15, 0.2) is 0 Å². The normalized spacial score (nSPS) is 18.9. The molecule has 1 fully saturated rings. The van der Waals surface area contributed by atoms with E-state index in [0.717, 1.165) is 23.6 Å². The van der Waals surface area contributed by atoms with Gasteiger partial charge in [0.1, 0.15) is 11.5 Å². The Kier molecular flexibility index (Phi) is 7.61. The van der Waals surface area contributed by atoms with Crippen molar-refractivity contribution in [2.45, 2.75) is 25.8 Å². The van der Waals surface area contributed by atoms with Crippen LogP contribution in [0.5, 0.6) is 0 Å². The summed E-state index contributed by atoms with van der Waals surface area (Å²) in [6.07, 6.45) is 1.48. The number of fused-ring (bicyclic) bond motifs is 2. The van der Waals surface area contributed by atoms with Crippen LogP contribution in [0.25, 0.3) is 10.8 Å². The zero-order valence-electron chi connectivity index (χ0n) is 20.7. The first-order valence-corrected chi connectivity index (χ1v) is 13.2. The summed E-state index contributed by atoms with van der Waals surface area (Å²) in [4.78, 5) is 42.5. The third-order valence-corrected chi connectivity index (χ3v) is 7.72. The van der Waals surface area contributed by atoms with E-state index < -0.39 is 17.3 Å². The van der Waals surface area contributed by atoms with Crippen LogP contribution in [0.3, 0.4) is 0 Å². The Labute approximate surface area is 228 Å². The molecule has 3 N–H and O–H groups in total. The van der Waals surface area contributed by atoms with Gasteiger partial charge in [-0.2, -0.15) is 0 Å². The first-order chi connectivity index (χ1) is 18.2. The van der Waals surface area contributed by atoms with E-state index in [1.807, 2.05) is 13.0 Å². The summed E-state index contributed by atoms with van der Waals surface area (Å²) < 4.78 is 20.2. The number of nitrogens with one attached hydrogen (secondary N) is 3. The van der Waals surface area contributed by atoms with Gasteiger partial charge in [-0.1, -0.05) is 23.2 Å². The maximum atomic E-state index is 14.8. The zero-order chi connectivity index (χ0) is 27.0. The van der Waals surface area contributed by atoms with Crippen LogP contribution in [0, 0.1) is 11.7 Å². The number of amides is 2. The van der Waals surface area contributed by atoms with Gasteiger partial charge in [-0.15, -0.1) is 0 Å². The van der Waals surface area contributed by atoms with Gasteiger partial charge in [0.25, 0.3) is 11.5 Å². The molecule has 2 unspecified atom stereocenters. The van der Waals surface area contributed by atoms with Crippen molar-refractivity contribution in [3.63, 3.8) is 0 Å². The predicted molar refractivity (Wildman–Crippen MR) is 145 cm³/mol. The Morgan fingerprint density at radius 3 is 2.79 bits per heavy atom. The molecule has 1 saturated heterocycles. The third kappa shape index (κ3) is 5.36. The van der Waals surface area contributed by atoms with Crippen molar-refractivity contribution in [2.75, 3.05) is 38.2 Å². The number of halogens is 3. The minimum Gasteiger partial charge on any atom is -0.381 e. The van der Waals surface area contributed by atoms with Crippen molar-refractivity contribution in [1.82, 2.24) is 15.2 Å². The first-order valence-electron chi connectivity index (χ1n) is 12.4. The molecule has 2 aliphatic rings. The quantitative estimate of drug-likeness (QED) is 0.417. The Morgan fingerprint density at radius 1 is 1.21 bits per heavy atom. The summed E-state index contributed by atoms with van der Waals surface area (Å²) >= 11 is 12.5. The third-order valence-electron chi connectivity index (χ3n) is 7.19. The van der Waals surface area contributed by atoms with Gasteiger partial charge < -0.3 is 25.3 Å². The van der Waals surface area contributed by atoms with Crippen LogP contribution in [-0.4, -0.2) is 54.5 Å². The minimum atomic E-state index is -0.677.